The molecule has 1 aromatic heterocycles. The largest absolute Gasteiger partial charge is 0.393 e. The van der Waals surface area contributed by atoms with Gasteiger partial charge in [-0.2, -0.15) is 4.98 Å². The van der Waals surface area contributed by atoms with E-state index in [0.29, 0.717) is 0 Å². The summed E-state index contributed by atoms with van der Waals surface area (Å²) < 4.78 is 20.1. The van der Waals surface area contributed by atoms with Crippen molar-refractivity contribution < 1.29 is 19.3 Å². The molecule has 1 aliphatic rings. The van der Waals surface area contributed by atoms with Crippen molar-refractivity contribution in [2.24, 2.45) is 0 Å². The predicted octanol–water partition coefficient (Wildman–Crippen LogP) is -0.588. The van der Waals surface area contributed by atoms with Crippen LogP contribution in [0.4, 0.5) is 10.2 Å². The van der Waals surface area contributed by atoms with Crippen LogP contribution in [0.15, 0.2) is 17.1 Å². The number of alkyl halides is 2. The van der Waals surface area contributed by atoms with E-state index in [1.165, 1.54) is 12.3 Å². The molecule has 7 nitrogen and oxygen atoms in total. The fourth-order valence-corrected chi connectivity index (χ4v) is 2.59. The number of nitrogen functional groups attached to an aromatic ring is 1. The number of halogens is 2. The summed E-state index contributed by atoms with van der Waals surface area (Å²) in [5, 5.41) is 18.3. The van der Waals surface area contributed by atoms with Gasteiger partial charge >= 0.3 is 5.69 Å². The van der Waals surface area contributed by atoms with Crippen molar-refractivity contribution in [2.45, 2.75) is 36.4 Å². The highest BCUT2D eigenvalue weighted by atomic mass is 35.5. The summed E-state index contributed by atoms with van der Waals surface area (Å²) >= 11 is 6.01. The van der Waals surface area contributed by atoms with E-state index in [9.17, 15) is 19.4 Å². The average molecular weight is 308 g/mol. The number of hydrogen-bond donors (Lipinski definition) is 3. The Morgan fingerprint density at radius 3 is 2.85 bits per heavy atom. The third-order valence-electron chi connectivity index (χ3n) is 3.46. The SMILES string of the molecule is C[C@@H](F)[C@]1(CO)O[C@@H](n2ccc(N)nc2=O)[C@@H](Cl)[C@@H]1O. The number of aliphatic hydroxyl groups excluding tert-OH is 2. The van der Waals surface area contributed by atoms with Crippen LogP contribution < -0.4 is 11.4 Å². The summed E-state index contributed by atoms with van der Waals surface area (Å²) in [7, 11) is 0. The Morgan fingerprint density at radius 1 is 1.75 bits per heavy atom. The summed E-state index contributed by atoms with van der Waals surface area (Å²) in [5.41, 5.74) is 2.75. The topological polar surface area (TPSA) is 111 Å². The van der Waals surface area contributed by atoms with E-state index in [4.69, 9.17) is 22.1 Å². The molecule has 0 aromatic carbocycles. The highest BCUT2D eigenvalue weighted by Crippen LogP contribution is 2.42. The lowest BCUT2D eigenvalue weighted by Crippen LogP contribution is -2.51. The van der Waals surface area contributed by atoms with E-state index in [-0.39, 0.29) is 5.82 Å². The summed E-state index contributed by atoms with van der Waals surface area (Å²) in [6, 6.07) is 1.35. The number of rotatable bonds is 3. The maximum Gasteiger partial charge on any atom is 0.351 e. The van der Waals surface area contributed by atoms with Crippen molar-refractivity contribution in [1.82, 2.24) is 9.55 Å². The van der Waals surface area contributed by atoms with Crippen LogP contribution in [0.2, 0.25) is 0 Å². The second-order valence-corrected chi connectivity index (χ2v) is 5.17. The molecule has 1 aliphatic heterocycles. The van der Waals surface area contributed by atoms with Crippen LogP contribution in [0, 0.1) is 0 Å². The second-order valence-electron chi connectivity index (χ2n) is 4.67. The molecule has 2 rings (SSSR count). The van der Waals surface area contributed by atoms with E-state index in [1.54, 1.807) is 0 Å². The molecule has 20 heavy (non-hydrogen) atoms. The van der Waals surface area contributed by atoms with E-state index < -0.39 is 41.8 Å². The normalized spacial score (nSPS) is 35.1. The molecule has 2 heterocycles. The number of aromatic nitrogens is 2. The molecule has 0 spiro atoms. The monoisotopic (exact) mass is 307 g/mol. The van der Waals surface area contributed by atoms with Crippen molar-refractivity contribution >= 4 is 17.4 Å². The molecule has 1 aromatic rings. The van der Waals surface area contributed by atoms with Gasteiger partial charge in [0, 0.05) is 6.20 Å². The van der Waals surface area contributed by atoms with E-state index in [0.717, 1.165) is 11.5 Å². The van der Waals surface area contributed by atoms with Gasteiger partial charge in [-0.15, -0.1) is 11.6 Å². The standard InChI is InChI=1S/C11H15ClFN3O4/c1-5(13)11(4-17)8(18)7(12)9(20-11)16-3-2-6(14)15-10(16)19/h2-3,5,7-9,17-18H,4H2,1H3,(H2,14,15,19)/t5-,7+,8+,9-,11+/m1/s1. The number of ether oxygens (including phenoxy) is 1. The van der Waals surface area contributed by atoms with E-state index >= 15 is 0 Å². The smallest absolute Gasteiger partial charge is 0.351 e. The van der Waals surface area contributed by atoms with Crippen molar-refractivity contribution in [1.29, 1.82) is 0 Å². The first-order chi connectivity index (χ1) is 9.33. The van der Waals surface area contributed by atoms with Gasteiger partial charge in [0.05, 0.1) is 6.61 Å². The fraction of sp³-hybridized carbons (Fsp3) is 0.636. The van der Waals surface area contributed by atoms with Crippen LogP contribution in [0.5, 0.6) is 0 Å². The Bertz CT molecular complexity index is 555. The Labute approximate surface area is 118 Å². The van der Waals surface area contributed by atoms with Gasteiger partial charge in [0.25, 0.3) is 0 Å². The average Bonchev–Trinajstić information content (AvgIpc) is 2.64. The maximum absolute atomic E-state index is 13.7. The van der Waals surface area contributed by atoms with Crippen LogP contribution in [0.3, 0.4) is 0 Å². The first-order valence-electron chi connectivity index (χ1n) is 5.93. The molecule has 0 radical (unpaired) electrons. The molecule has 112 valence electrons. The lowest BCUT2D eigenvalue weighted by molar-refractivity contribution is -0.161. The van der Waals surface area contributed by atoms with Gasteiger partial charge < -0.3 is 20.7 Å². The van der Waals surface area contributed by atoms with Gasteiger partial charge in [-0.3, -0.25) is 4.57 Å². The number of nitrogens with two attached hydrogens (primary N) is 1. The van der Waals surface area contributed by atoms with Crippen molar-refractivity contribution in [2.75, 3.05) is 12.3 Å². The first kappa shape index (κ1) is 15.2. The van der Waals surface area contributed by atoms with Gasteiger partial charge in [-0.25, -0.2) is 9.18 Å². The molecule has 0 aliphatic carbocycles. The second kappa shape index (κ2) is 5.28. The Hall–Kier alpha value is -1.22. The summed E-state index contributed by atoms with van der Waals surface area (Å²) in [6.07, 6.45) is -3.04. The Kier molecular flexibility index (Phi) is 4.01. The number of nitrogens with zero attached hydrogens (tertiary/aromatic N) is 2. The minimum absolute atomic E-state index is 0.0169. The quantitative estimate of drug-likeness (QED) is 0.644. The Morgan fingerprint density at radius 2 is 2.40 bits per heavy atom. The van der Waals surface area contributed by atoms with Gasteiger partial charge in [0.1, 0.15) is 23.5 Å². The maximum atomic E-state index is 13.7. The molecule has 0 amide bonds. The zero-order valence-electron chi connectivity index (χ0n) is 10.6. The predicted molar refractivity (Wildman–Crippen MR) is 69.1 cm³/mol. The third-order valence-corrected chi connectivity index (χ3v) is 3.92. The van der Waals surface area contributed by atoms with Crippen molar-refractivity contribution in [3.8, 4) is 0 Å². The van der Waals surface area contributed by atoms with Crippen molar-refractivity contribution in [3.63, 3.8) is 0 Å². The van der Waals surface area contributed by atoms with E-state index in [2.05, 4.69) is 4.98 Å². The molecular weight excluding hydrogens is 293 g/mol. The lowest BCUT2D eigenvalue weighted by atomic mass is 9.93. The third kappa shape index (κ3) is 2.18. The number of anilines is 1. The summed E-state index contributed by atoms with van der Waals surface area (Å²) in [5.74, 6) is 0.0169. The zero-order chi connectivity index (χ0) is 15.1. The van der Waals surface area contributed by atoms with Crippen LogP contribution in [0.1, 0.15) is 13.2 Å². The first-order valence-corrected chi connectivity index (χ1v) is 6.36. The lowest BCUT2D eigenvalue weighted by Gasteiger charge is -2.31. The Balaban J connectivity index is 2.42. The van der Waals surface area contributed by atoms with Gasteiger partial charge in [0.2, 0.25) is 0 Å². The number of hydrogen-bond acceptors (Lipinski definition) is 6. The fourth-order valence-electron chi connectivity index (χ4n) is 2.20. The molecular formula is C11H15ClFN3O4. The summed E-state index contributed by atoms with van der Waals surface area (Å²) in [4.78, 5) is 15.2. The van der Waals surface area contributed by atoms with Gasteiger partial charge in [-0.05, 0) is 13.0 Å². The molecule has 1 fully saturated rings. The van der Waals surface area contributed by atoms with Gasteiger partial charge in [-0.1, -0.05) is 0 Å². The van der Waals surface area contributed by atoms with Crippen LogP contribution in [-0.2, 0) is 4.74 Å². The summed E-state index contributed by atoms with van der Waals surface area (Å²) in [6.45, 7) is 0.359. The molecule has 0 bridgehead atoms. The minimum Gasteiger partial charge on any atom is -0.393 e. The molecule has 1 saturated heterocycles. The van der Waals surface area contributed by atoms with Crippen LogP contribution in [-0.4, -0.2) is 49.6 Å². The number of aliphatic hydroxyl groups is 2. The molecule has 9 heteroatoms. The molecule has 4 N–H and O–H groups in total. The van der Waals surface area contributed by atoms with E-state index in [1.807, 2.05) is 0 Å². The van der Waals surface area contributed by atoms with Crippen LogP contribution in [0.25, 0.3) is 0 Å². The molecule has 5 atom stereocenters. The molecule has 0 saturated carbocycles. The molecule has 0 unspecified atom stereocenters. The van der Waals surface area contributed by atoms with Gasteiger partial charge in [0.15, 0.2) is 11.8 Å². The van der Waals surface area contributed by atoms with Crippen LogP contribution >= 0.6 is 11.6 Å². The zero-order valence-corrected chi connectivity index (χ0v) is 11.4. The highest BCUT2D eigenvalue weighted by molar-refractivity contribution is 6.21. The minimum atomic E-state index is -1.88. The van der Waals surface area contributed by atoms with Crippen molar-refractivity contribution in [3.05, 3.63) is 22.7 Å². The highest BCUT2D eigenvalue weighted by Gasteiger charge is 2.58.